The highest BCUT2D eigenvalue weighted by molar-refractivity contribution is 4.84. The van der Waals surface area contributed by atoms with Gasteiger partial charge in [0.1, 0.15) is 0 Å². The Kier molecular flexibility index (Phi) is 4.19. The Balaban J connectivity index is 1.66. The van der Waals surface area contributed by atoms with Gasteiger partial charge in [0.15, 0.2) is 0 Å². The fraction of sp³-hybridized carbons (Fsp3) is 1.00. The molecule has 0 spiro atoms. The summed E-state index contributed by atoms with van der Waals surface area (Å²) in [5, 5.41) is 13.3. The molecule has 2 unspecified atom stereocenters. The van der Waals surface area contributed by atoms with E-state index in [1.807, 2.05) is 0 Å². The van der Waals surface area contributed by atoms with Crippen LogP contribution in [0.2, 0.25) is 0 Å². The first-order valence-electron chi connectivity index (χ1n) is 6.49. The van der Waals surface area contributed by atoms with Crippen molar-refractivity contribution in [1.29, 1.82) is 0 Å². The van der Waals surface area contributed by atoms with Crippen molar-refractivity contribution in [3.8, 4) is 0 Å². The van der Waals surface area contributed by atoms with Gasteiger partial charge in [0, 0.05) is 44.8 Å². The lowest BCUT2D eigenvalue weighted by Gasteiger charge is -2.39. The summed E-state index contributed by atoms with van der Waals surface area (Å²) in [6.07, 6.45) is 2.36. The Labute approximate surface area is 98.6 Å². The third kappa shape index (κ3) is 3.70. The first kappa shape index (κ1) is 12.3. The molecule has 1 heterocycles. The molecule has 1 aliphatic carbocycles. The first-order chi connectivity index (χ1) is 7.65. The van der Waals surface area contributed by atoms with Crippen LogP contribution in [0.15, 0.2) is 0 Å². The average Bonchev–Trinajstić information content (AvgIpc) is 3.03. The smallest absolute Gasteiger partial charge is 0.0791 e. The molecule has 2 atom stereocenters. The van der Waals surface area contributed by atoms with Gasteiger partial charge < -0.3 is 15.3 Å². The second kappa shape index (κ2) is 5.45. The quantitative estimate of drug-likeness (QED) is 0.678. The van der Waals surface area contributed by atoms with E-state index in [0.29, 0.717) is 12.1 Å². The SMILES string of the molecule is CC1CN(C)CCN1CC(O)CNC1CC1. The normalized spacial score (nSPS) is 30.6. The fourth-order valence-corrected chi connectivity index (χ4v) is 2.37. The highest BCUT2D eigenvalue weighted by atomic mass is 16.3. The molecule has 4 nitrogen and oxygen atoms in total. The molecule has 2 aliphatic rings. The van der Waals surface area contributed by atoms with Crippen molar-refractivity contribution < 1.29 is 5.11 Å². The van der Waals surface area contributed by atoms with Crippen LogP contribution in [0.1, 0.15) is 19.8 Å². The van der Waals surface area contributed by atoms with E-state index in [-0.39, 0.29) is 6.10 Å². The molecule has 1 saturated carbocycles. The number of β-amino-alcohol motifs (C(OH)–C–C–N with tert-alkyl or cyclic N) is 1. The van der Waals surface area contributed by atoms with E-state index >= 15 is 0 Å². The van der Waals surface area contributed by atoms with Gasteiger partial charge in [0.25, 0.3) is 0 Å². The molecule has 1 aliphatic heterocycles. The van der Waals surface area contributed by atoms with Crippen molar-refractivity contribution in [3.63, 3.8) is 0 Å². The molecule has 0 amide bonds. The minimum Gasteiger partial charge on any atom is -0.390 e. The van der Waals surface area contributed by atoms with Crippen LogP contribution in [0.25, 0.3) is 0 Å². The van der Waals surface area contributed by atoms with Crippen LogP contribution in [0.4, 0.5) is 0 Å². The number of nitrogens with zero attached hydrogens (tertiary/aromatic N) is 2. The Morgan fingerprint density at radius 1 is 1.38 bits per heavy atom. The number of nitrogens with one attached hydrogen (secondary N) is 1. The van der Waals surface area contributed by atoms with Gasteiger partial charge in [-0.15, -0.1) is 0 Å². The van der Waals surface area contributed by atoms with Crippen LogP contribution in [-0.2, 0) is 0 Å². The van der Waals surface area contributed by atoms with Crippen molar-refractivity contribution >= 4 is 0 Å². The summed E-state index contributed by atoms with van der Waals surface area (Å²) in [6, 6.07) is 1.26. The molecule has 16 heavy (non-hydrogen) atoms. The van der Waals surface area contributed by atoms with Gasteiger partial charge in [0.05, 0.1) is 6.10 Å². The summed E-state index contributed by atoms with van der Waals surface area (Å²) in [4.78, 5) is 4.76. The van der Waals surface area contributed by atoms with Crippen molar-refractivity contribution in [1.82, 2.24) is 15.1 Å². The van der Waals surface area contributed by atoms with Crippen molar-refractivity contribution in [3.05, 3.63) is 0 Å². The standard InChI is InChI=1S/C12H25N3O/c1-10-8-14(2)5-6-15(10)9-12(16)7-13-11-3-4-11/h10-13,16H,3-9H2,1-2H3. The summed E-state index contributed by atoms with van der Waals surface area (Å²) in [7, 11) is 2.17. The lowest BCUT2D eigenvalue weighted by atomic mass is 10.2. The Hall–Kier alpha value is -0.160. The van der Waals surface area contributed by atoms with Crippen LogP contribution in [0.5, 0.6) is 0 Å². The molecular formula is C12H25N3O. The maximum Gasteiger partial charge on any atom is 0.0791 e. The molecule has 0 aromatic carbocycles. The van der Waals surface area contributed by atoms with Crippen LogP contribution >= 0.6 is 0 Å². The highest BCUT2D eigenvalue weighted by Crippen LogP contribution is 2.18. The third-order valence-electron chi connectivity index (χ3n) is 3.63. The van der Waals surface area contributed by atoms with E-state index in [0.717, 1.165) is 32.7 Å². The molecule has 1 saturated heterocycles. The summed E-state index contributed by atoms with van der Waals surface area (Å²) in [5.41, 5.74) is 0. The van der Waals surface area contributed by atoms with Gasteiger partial charge >= 0.3 is 0 Å². The van der Waals surface area contributed by atoms with E-state index < -0.39 is 0 Å². The third-order valence-corrected chi connectivity index (χ3v) is 3.63. The van der Waals surface area contributed by atoms with E-state index in [4.69, 9.17) is 0 Å². The van der Waals surface area contributed by atoms with E-state index in [1.54, 1.807) is 0 Å². The molecule has 2 fully saturated rings. The lowest BCUT2D eigenvalue weighted by Crippen LogP contribution is -2.53. The van der Waals surface area contributed by atoms with Crippen molar-refractivity contribution in [2.75, 3.05) is 39.8 Å². The molecule has 0 radical (unpaired) electrons. The molecule has 2 N–H and O–H groups in total. The van der Waals surface area contributed by atoms with Gasteiger partial charge in [-0.2, -0.15) is 0 Å². The van der Waals surface area contributed by atoms with E-state index in [1.165, 1.54) is 12.8 Å². The monoisotopic (exact) mass is 227 g/mol. The molecular weight excluding hydrogens is 202 g/mol. The predicted octanol–water partition coefficient (Wildman–Crippen LogP) is -0.265. The summed E-state index contributed by atoms with van der Waals surface area (Å²) in [6.45, 7) is 7.13. The van der Waals surface area contributed by atoms with Crippen LogP contribution in [0, 0.1) is 0 Å². The molecule has 0 aromatic rings. The predicted molar refractivity (Wildman–Crippen MR) is 65.6 cm³/mol. The van der Waals surface area contributed by atoms with Gasteiger partial charge in [-0.05, 0) is 26.8 Å². The molecule has 4 heteroatoms. The van der Waals surface area contributed by atoms with Crippen molar-refractivity contribution in [2.24, 2.45) is 0 Å². The molecule has 2 rings (SSSR count). The Bertz CT molecular complexity index is 220. The van der Waals surface area contributed by atoms with Crippen molar-refractivity contribution in [2.45, 2.75) is 38.0 Å². The minimum atomic E-state index is -0.216. The van der Waals surface area contributed by atoms with Gasteiger partial charge in [-0.1, -0.05) is 0 Å². The fourth-order valence-electron chi connectivity index (χ4n) is 2.37. The maximum atomic E-state index is 9.94. The zero-order valence-electron chi connectivity index (χ0n) is 10.5. The molecule has 0 aromatic heterocycles. The van der Waals surface area contributed by atoms with E-state index in [2.05, 4.69) is 29.1 Å². The minimum absolute atomic E-state index is 0.216. The summed E-state index contributed by atoms with van der Waals surface area (Å²) in [5.74, 6) is 0. The number of hydrogen-bond acceptors (Lipinski definition) is 4. The Morgan fingerprint density at radius 2 is 2.12 bits per heavy atom. The largest absolute Gasteiger partial charge is 0.390 e. The maximum absolute atomic E-state index is 9.94. The van der Waals surface area contributed by atoms with Gasteiger partial charge in [-0.3, -0.25) is 4.90 Å². The number of rotatable bonds is 5. The average molecular weight is 227 g/mol. The van der Waals surface area contributed by atoms with Crippen LogP contribution in [0.3, 0.4) is 0 Å². The van der Waals surface area contributed by atoms with Gasteiger partial charge in [0.2, 0.25) is 0 Å². The van der Waals surface area contributed by atoms with Crippen LogP contribution in [-0.4, -0.2) is 72.9 Å². The Morgan fingerprint density at radius 3 is 2.75 bits per heavy atom. The van der Waals surface area contributed by atoms with Crippen LogP contribution < -0.4 is 5.32 Å². The topological polar surface area (TPSA) is 38.7 Å². The first-order valence-corrected chi connectivity index (χ1v) is 6.49. The lowest BCUT2D eigenvalue weighted by molar-refractivity contribution is 0.0477. The second-order valence-electron chi connectivity index (χ2n) is 5.44. The molecule has 0 bridgehead atoms. The number of hydrogen-bond donors (Lipinski definition) is 2. The zero-order valence-corrected chi connectivity index (χ0v) is 10.5. The highest BCUT2D eigenvalue weighted by Gasteiger charge is 2.25. The summed E-state index contributed by atoms with van der Waals surface area (Å²) >= 11 is 0. The summed E-state index contributed by atoms with van der Waals surface area (Å²) < 4.78 is 0. The zero-order chi connectivity index (χ0) is 11.5. The number of aliphatic hydroxyl groups is 1. The van der Waals surface area contributed by atoms with E-state index in [9.17, 15) is 5.11 Å². The number of piperazine rings is 1. The number of aliphatic hydroxyl groups excluding tert-OH is 1. The second-order valence-corrected chi connectivity index (χ2v) is 5.44. The van der Waals surface area contributed by atoms with Gasteiger partial charge in [-0.25, -0.2) is 0 Å². The number of likely N-dealkylation sites (N-methyl/N-ethyl adjacent to an activating group) is 1. The molecule has 94 valence electrons.